The lowest BCUT2D eigenvalue weighted by Gasteiger charge is -2.17. The van der Waals surface area contributed by atoms with Crippen LogP contribution in [0.2, 0.25) is 0 Å². The number of amides is 1. The fourth-order valence-electron chi connectivity index (χ4n) is 2.87. The van der Waals surface area contributed by atoms with Gasteiger partial charge >= 0.3 is 0 Å². The normalized spacial score (nSPS) is 16.9. The number of ether oxygens (including phenoxy) is 2. The number of hydrogen-bond acceptors (Lipinski definition) is 5. The Hall–Kier alpha value is -2.25. The van der Waals surface area contributed by atoms with Gasteiger partial charge in [-0.15, -0.1) is 0 Å². The van der Waals surface area contributed by atoms with Crippen LogP contribution in [0.3, 0.4) is 0 Å². The molecule has 2 aromatic carbocycles. The van der Waals surface area contributed by atoms with Crippen LogP contribution in [0.4, 0.5) is 5.69 Å². The monoisotopic (exact) mass is 474 g/mol. The van der Waals surface area contributed by atoms with Crippen molar-refractivity contribution in [3.63, 3.8) is 0 Å². The van der Waals surface area contributed by atoms with E-state index in [2.05, 4.69) is 29.8 Å². The maximum absolute atomic E-state index is 13.1. The minimum Gasteiger partial charge on any atom is -0.496 e. The maximum Gasteiger partial charge on any atom is 0.266 e. The first-order valence-corrected chi connectivity index (χ1v) is 10.8. The SMILES string of the molecule is COc1cc(OC)c(/C=C2/SC(=Nc3ccccc3)N(CC(C)C)C2=O)cc1Br. The van der Waals surface area contributed by atoms with E-state index in [-0.39, 0.29) is 5.91 Å². The van der Waals surface area contributed by atoms with Crippen LogP contribution in [0.1, 0.15) is 19.4 Å². The van der Waals surface area contributed by atoms with Crippen LogP contribution < -0.4 is 9.47 Å². The van der Waals surface area contributed by atoms with Gasteiger partial charge in [-0.3, -0.25) is 9.69 Å². The Labute approximate surface area is 183 Å². The Morgan fingerprint density at radius 2 is 1.83 bits per heavy atom. The van der Waals surface area contributed by atoms with Gasteiger partial charge in [0.15, 0.2) is 5.17 Å². The lowest BCUT2D eigenvalue weighted by atomic mass is 10.1. The zero-order chi connectivity index (χ0) is 21.0. The molecule has 1 aliphatic heterocycles. The van der Waals surface area contributed by atoms with Crippen molar-refractivity contribution in [1.82, 2.24) is 4.90 Å². The molecule has 1 aliphatic rings. The summed E-state index contributed by atoms with van der Waals surface area (Å²) in [7, 11) is 3.20. The fourth-order valence-corrected chi connectivity index (χ4v) is 4.39. The highest BCUT2D eigenvalue weighted by Crippen LogP contribution is 2.38. The van der Waals surface area contributed by atoms with E-state index in [1.54, 1.807) is 25.2 Å². The van der Waals surface area contributed by atoms with Gasteiger partial charge in [0.25, 0.3) is 5.91 Å². The molecule has 3 rings (SSSR count). The van der Waals surface area contributed by atoms with Gasteiger partial charge in [0.1, 0.15) is 11.5 Å². The number of hydrogen-bond donors (Lipinski definition) is 0. The first-order valence-electron chi connectivity index (χ1n) is 9.19. The second-order valence-corrected chi connectivity index (χ2v) is 8.74. The summed E-state index contributed by atoms with van der Waals surface area (Å²) in [5, 5.41) is 0.688. The van der Waals surface area contributed by atoms with Crippen molar-refractivity contribution in [3.05, 3.63) is 57.4 Å². The van der Waals surface area contributed by atoms with Crippen LogP contribution in [0.25, 0.3) is 6.08 Å². The predicted molar refractivity (Wildman–Crippen MR) is 123 cm³/mol. The minimum atomic E-state index is -0.0487. The molecule has 0 unspecified atom stereocenters. The first-order chi connectivity index (χ1) is 13.9. The van der Waals surface area contributed by atoms with Gasteiger partial charge in [0.05, 0.1) is 29.3 Å². The predicted octanol–water partition coefficient (Wildman–Crippen LogP) is 5.73. The molecule has 0 aliphatic carbocycles. The number of halogens is 1. The summed E-state index contributed by atoms with van der Waals surface area (Å²) in [4.78, 5) is 20.2. The summed E-state index contributed by atoms with van der Waals surface area (Å²) >= 11 is 4.88. The first kappa shape index (κ1) is 21.5. The van der Waals surface area contributed by atoms with Gasteiger partial charge in [-0.2, -0.15) is 0 Å². The summed E-state index contributed by atoms with van der Waals surface area (Å²) in [5.74, 6) is 1.58. The van der Waals surface area contributed by atoms with Crippen molar-refractivity contribution >= 4 is 50.5 Å². The van der Waals surface area contributed by atoms with E-state index in [4.69, 9.17) is 14.5 Å². The van der Waals surface area contributed by atoms with Gasteiger partial charge < -0.3 is 9.47 Å². The zero-order valence-electron chi connectivity index (χ0n) is 16.8. The molecular formula is C22H23BrN2O3S. The number of aliphatic imine (C=N–C) groups is 1. The molecule has 0 N–H and O–H groups in total. The minimum absolute atomic E-state index is 0.0487. The van der Waals surface area contributed by atoms with Crippen LogP contribution >= 0.6 is 27.7 Å². The molecule has 5 nitrogen and oxygen atoms in total. The Balaban J connectivity index is 2.01. The van der Waals surface area contributed by atoms with Gasteiger partial charge in [0.2, 0.25) is 0 Å². The number of amidine groups is 1. The molecule has 0 atom stereocenters. The fraction of sp³-hybridized carbons (Fsp3) is 0.273. The standard InChI is InChI=1S/C22H23BrN2O3S/c1-14(2)13-25-21(26)20(29-22(25)24-16-8-6-5-7-9-16)11-15-10-17(23)19(28-4)12-18(15)27-3/h5-12,14H,13H2,1-4H3/b20-11+,24-22?. The molecule has 0 aromatic heterocycles. The third-order valence-corrected chi connectivity index (χ3v) is 5.83. The van der Waals surface area contributed by atoms with Gasteiger partial charge in [-0.25, -0.2) is 4.99 Å². The largest absolute Gasteiger partial charge is 0.496 e. The molecule has 0 bridgehead atoms. The summed E-state index contributed by atoms with van der Waals surface area (Å²) in [6.07, 6.45) is 1.84. The molecular weight excluding hydrogens is 452 g/mol. The maximum atomic E-state index is 13.1. The van der Waals surface area contributed by atoms with Crippen molar-refractivity contribution < 1.29 is 14.3 Å². The van der Waals surface area contributed by atoms with E-state index in [0.29, 0.717) is 34.0 Å². The summed E-state index contributed by atoms with van der Waals surface area (Å²) in [5.41, 5.74) is 1.61. The van der Waals surface area contributed by atoms with E-state index >= 15 is 0 Å². The van der Waals surface area contributed by atoms with Crippen molar-refractivity contribution in [2.24, 2.45) is 10.9 Å². The number of methoxy groups -OCH3 is 2. The highest BCUT2D eigenvalue weighted by Gasteiger charge is 2.34. The number of nitrogens with zero attached hydrogens (tertiary/aromatic N) is 2. The molecule has 0 spiro atoms. The third kappa shape index (κ3) is 5.03. The molecule has 1 amide bonds. The van der Waals surface area contributed by atoms with E-state index in [1.165, 1.54) is 11.8 Å². The molecule has 2 aromatic rings. The number of para-hydroxylation sites is 1. The second kappa shape index (κ2) is 9.50. The molecule has 1 heterocycles. The molecule has 1 saturated heterocycles. The summed E-state index contributed by atoms with van der Waals surface area (Å²) in [6, 6.07) is 13.4. The van der Waals surface area contributed by atoms with E-state index in [1.807, 2.05) is 42.5 Å². The number of thioether (sulfide) groups is 1. The van der Waals surface area contributed by atoms with Crippen LogP contribution in [-0.2, 0) is 4.79 Å². The average Bonchev–Trinajstić information content (AvgIpc) is 2.97. The van der Waals surface area contributed by atoms with Gasteiger partial charge in [-0.05, 0) is 57.9 Å². The summed E-state index contributed by atoms with van der Waals surface area (Å²) in [6.45, 7) is 4.78. The van der Waals surface area contributed by atoms with Gasteiger partial charge in [0, 0.05) is 18.2 Å². The molecule has 29 heavy (non-hydrogen) atoms. The lowest BCUT2D eigenvalue weighted by Crippen LogP contribution is -2.32. The van der Waals surface area contributed by atoms with E-state index in [9.17, 15) is 4.79 Å². The van der Waals surface area contributed by atoms with E-state index < -0.39 is 0 Å². The molecule has 7 heteroatoms. The Kier molecular flexibility index (Phi) is 7.03. The zero-order valence-corrected chi connectivity index (χ0v) is 19.2. The molecule has 152 valence electrons. The van der Waals surface area contributed by atoms with Crippen LogP contribution in [0, 0.1) is 5.92 Å². The number of carbonyl (C=O) groups excluding carboxylic acids is 1. The molecule has 0 saturated carbocycles. The van der Waals surface area contributed by atoms with Crippen molar-refractivity contribution in [3.8, 4) is 11.5 Å². The van der Waals surface area contributed by atoms with Crippen LogP contribution in [-0.4, -0.2) is 36.7 Å². The van der Waals surface area contributed by atoms with Crippen LogP contribution in [0.15, 0.2) is 56.8 Å². The Morgan fingerprint density at radius 1 is 1.14 bits per heavy atom. The quantitative estimate of drug-likeness (QED) is 0.501. The van der Waals surface area contributed by atoms with Crippen molar-refractivity contribution in [2.75, 3.05) is 20.8 Å². The van der Waals surface area contributed by atoms with Gasteiger partial charge in [-0.1, -0.05) is 32.0 Å². The van der Waals surface area contributed by atoms with Crippen molar-refractivity contribution in [1.29, 1.82) is 0 Å². The average molecular weight is 475 g/mol. The number of benzene rings is 2. The van der Waals surface area contributed by atoms with Crippen LogP contribution in [0.5, 0.6) is 11.5 Å². The molecule has 1 fully saturated rings. The summed E-state index contributed by atoms with van der Waals surface area (Å²) < 4.78 is 11.6. The highest BCUT2D eigenvalue weighted by molar-refractivity contribution is 9.10. The Bertz CT molecular complexity index is 958. The highest BCUT2D eigenvalue weighted by atomic mass is 79.9. The van der Waals surface area contributed by atoms with E-state index in [0.717, 1.165) is 15.7 Å². The number of rotatable bonds is 6. The third-order valence-electron chi connectivity index (χ3n) is 4.21. The van der Waals surface area contributed by atoms with Crippen molar-refractivity contribution in [2.45, 2.75) is 13.8 Å². The second-order valence-electron chi connectivity index (χ2n) is 6.88. The lowest BCUT2D eigenvalue weighted by molar-refractivity contribution is -0.122. The topological polar surface area (TPSA) is 51.1 Å². The smallest absolute Gasteiger partial charge is 0.266 e. The molecule has 0 radical (unpaired) electrons. The Morgan fingerprint density at radius 3 is 2.45 bits per heavy atom. The number of carbonyl (C=O) groups is 1.